The minimum Gasteiger partial charge on any atom is -0.314 e. The highest BCUT2D eigenvalue weighted by Crippen LogP contribution is 2.26. The van der Waals surface area contributed by atoms with E-state index in [-0.39, 0.29) is 0 Å². The first kappa shape index (κ1) is 11.9. The first-order chi connectivity index (χ1) is 8.74. The molecule has 3 nitrogen and oxygen atoms in total. The monoisotopic (exact) mass is 305 g/mol. The van der Waals surface area contributed by atoms with E-state index in [1.165, 1.54) is 18.4 Å². The van der Waals surface area contributed by atoms with Crippen molar-refractivity contribution in [3.05, 3.63) is 46.0 Å². The van der Waals surface area contributed by atoms with E-state index >= 15 is 0 Å². The van der Waals surface area contributed by atoms with Crippen LogP contribution in [0.5, 0.6) is 0 Å². The molecule has 0 bridgehead atoms. The number of hydrogen-bond donors (Lipinski definition) is 0. The smallest absolute Gasteiger partial charge is 0.137 e. The molecule has 3 rings (SSSR count). The Balaban J connectivity index is 1.87. The molecule has 0 spiro atoms. The zero-order valence-electron chi connectivity index (χ0n) is 10.4. The Kier molecular flexibility index (Phi) is 3.20. The molecule has 0 saturated heterocycles. The summed E-state index contributed by atoms with van der Waals surface area (Å²) in [5.74, 6) is 2.80. The second kappa shape index (κ2) is 4.84. The lowest BCUT2D eigenvalue weighted by molar-refractivity contribution is 0.456. The molecule has 1 aromatic heterocycles. The van der Waals surface area contributed by atoms with Gasteiger partial charge >= 0.3 is 0 Å². The van der Waals surface area contributed by atoms with Gasteiger partial charge in [0.15, 0.2) is 0 Å². The van der Waals surface area contributed by atoms with Crippen molar-refractivity contribution >= 4 is 15.9 Å². The first-order valence-electron chi connectivity index (χ1n) is 6.40. The van der Waals surface area contributed by atoms with Crippen LogP contribution in [-0.4, -0.2) is 14.8 Å². The van der Waals surface area contributed by atoms with Crippen LogP contribution in [-0.2, 0) is 13.0 Å². The summed E-state index contributed by atoms with van der Waals surface area (Å²) in [5, 5.41) is 8.72. The van der Waals surface area contributed by atoms with Gasteiger partial charge in [0, 0.05) is 23.4 Å². The predicted molar refractivity (Wildman–Crippen MR) is 74.6 cm³/mol. The second-order valence-electron chi connectivity index (χ2n) is 4.97. The number of hydrogen-bond acceptors (Lipinski definition) is 2. The Labute approximate surface area is 115 Å². The fourth-order valence-corrected chi connectivity index (χ4v) is 2.82. The van der Waals surface area contributed by atoms with Crippen LogP contribution in [0.3, 0.4) is 0 Å². The van der Waals surface area contributed by atoms with Crippen molar-refractivity contribution in [1.29, 1.82) is 0 Å². The lowest BCUT2D eigenvalue weighted by Gasteiger charge is -2.20. The Morgan fingerprint density at radius 1 is 1.28 bits per heavy atom. The van der Waals surface area contributed by atoms with Gasteiger partial charge in [0.25, 0.3) is 0 Å². The van der Waals surface area contributed by atoms with Gasteiger partial charge in [0.05, 0.1) is 0 Å². The maximum absolute atomic E-state index is 4.37. The van der Waals surface area contributed by atoms with E-state index in [9.17, 15) is 0 Å². The van der Waals surface area contributed by atoms with Crippen molar-refractivity contribution in [2.75, 3.05) is 0 Å². The summed E-state index contributed by atoms with van der Waals surface area (Å²) in [7, 11) is 0. The fraction of sp³-hybridized carbons (Fsp3) is 0.429. The predicted octanol–water partition coefficient (Wildman–Crippen LogP) is 3.53. The first-order valence-corrected chi connectivity index (χ1v) is 7.20. The molecule has 2 aromatic rings. The molecule has 94 valence electrons. The normalized spacial score (nSPS) is 18.7. The van der Waals surface area contributed by atoms with Crippen LogP contribution in [0.2, 0.25) is 0 Å². The van der Waals surface area contributed by atoms with Crippen LogP contribution in [0.25, 0.3) is 0 Å². The number of benzene rings is 1. The van der Waals surface area contributed by atoms with Crippen molar-refractivity contribution in [3.8, 4) is 0 Å². The Morgan fingerprint density at radius 3 is 2.83 bits per heavy atom. The fourth-order valence-electron chi connectivity index (χ4n) is 2.56. The quantitative estimate of drug-likeness (QED) is 0.850. The van der Waals surface area contributed by atoms with E-state index in [4.69, 9.17) is 0 Å². The molecule has 0 radical (unpaired) electrons. The maximum atomic E-state index is 4.37. The molecule has 0 aliphatic carbocycles. The summed E-state index contributed by atoms with van der Waals surface area (Å²) in [6.07, 6.45) is 3.34. The van der Waals surface area contributed by atoms with Crippen LogP contribution in [0.15, 0.2) is 28.7 Å². The summed E-state index contributed by atoms with van der Waals surface area (Å²) in [6.45, 7) is 3.31. The van der Waals surface area contributed by atoms with Crippen LogP contribution >= 0.6 is 15.9 Å². The third kappa shape index (κ3) is 2.21. The highest BCUT2D eigenvalue weighted by molar-refractivity contribution is 9.10. The van der Waals surface area contributed by atoms with Crippen LogP contribution < -0.4 is 0 Å². The lowest BCUT2D eigenvalue weighted by atomic mass is 10.0. The highest BCUT2D eigenvalue weighted by Gasteiger charge is 2.21. The molecule has 0 fully saturated rings. The minimum atomic E-state index is 0.546. The minimum absolute atomic E-state index is 0.546. The van der Waals surface area contributed by atoms with E-state index in [0.717, 1.165) is 29.1 Å². The molecule has 0 saturated carbocycles. The molecule has 1 aliphatic rings. The molecular weight excluding hydrogens is 290 g/mol. The molecule has 1 unspecified atom stereocenters. The zero-order chi connectivity index (χ0) is 12.5. The average Bonchev–Trinajstić information content (AvgIpc) is 2.77. The average molecular weight is 306 g/mol. The van der Waals surface area contributed by atoms with Crippen molar-refractivity contribution in [3.63, 3.8) is 0 Å². The number of rotatable bonds is 2. The van der Waals surface area contributed by atoms with E-state index in [2.05, 4.69) is 61.9 Å². The largest absolute Gasteiger partial charge is 0.314 e. The standard InChI is InChI=1S/C14H16BrN3/c1-10-3-2-8-18-13(16-17-14(10)18)9-11-4-6-12(15)7-5-11/h4-7,10H,2-3,8-9H2,1H3. The topological polar surface area (TPSA) is 30.7 Å². The van der Waals surface area contributed by atoms with Crippen molar-refractivity contribution < 1.29 is 0 Å². The Morgan fingerprint density at radius 2 is 2.06 bits per heavy atom. The van der Waals surface area contributed by atoms with Gasteiger partial charge in [-0.1, -0.05) is 35.0 Å². The van der Waals surface area contributed by atoms with E-state index < -0.39 is 0 Å². The molecule has 2 heterocycles. The zero-order valence-corrected chi connectivity index (χ0v) is 12.0. The summed E-state index contributed by atoms with van der Waals surface area (Å²) < 4.78 is 3.42. The van der Waals surface area contributed by atoms with Gasteiger partial charge in [-0.3, -0.25) is 0 Å². The maximum Gasteiger partial charge on any atom is 0.137 e. The highest BCUT2D eigenvalue weighted by atomic mass is 79.9. The number of aromatic nitrogens is 3. The summed E-state index contributed by atoms with van der Waals surface area (Å²) in [5.41, 5.74) is 1.28. The van der Waals surface area contributed by atoms with Gasteiger partial charge in [0.2, 0.25) is 0 Å². The van der Waals surface area contributed by atoms with E-state index in [0.29, 0.717) is 5.92 Å². The SMILES string of the molecule is CC1CCCn2c(Cc3ccc(Br)cc3)nnc21. The third-order valence-electron chi connectivity index (χ3n) is 3.59. The number of nitrogens with zero attached hydrogens (tertiary/aromatic N) is 3. The summed E-state index contributed by atoms with van der Waals surface area (Å²) >= 11 is 3.46. The van der Waals surface area contributed by atoms with Crippen molar-refractivity contribution in [1.82, 2.24) is 14.8 Å². The van der Waals surface area contributed by atoms with Gasteiger partial charge in [-0.25, -0.2) is 0 Å². The Hall–Kier alpha value is -1.16. The Bertz CT molecular complexity index is 545. The van der Waals surface area contributed by atoms with Crippen molar-refractivity contribution in [2.45, 2.75) is 38.6 Å². The summed E-state index contributed by atoms with van der Waals surface area (Å²) in [6, 6.07) is 8.42. The van der Waals surface area contributed by atoms with Gasteiger partial charge in [-0.15, -0.1) is 10.2 Å². The summed E-state index contributed by atoms with van der Waals surface area (Å²) in [4.78, 5) is 0. The van der Waals surface area contributed by atoms with Gasteiger partial charge < -0.3 is 4.57 Å². The van der Waals surface area contributed by atoms with Gasteiger partial charge in [-0.05, 0) is 30.5 Å². The van der Waals surface area contributed by atoms with Gasteiger partial charge in [-0.2, -0.15) is 0 Å². The molecular formula is C14H16BrN3. The molecule has 1 aromatic carbocycles. The molecule has 1 aliphatic heterocycles. The molecule has 4 heteroatoms. The lowest BCUT2D eigenvalue weighted by Crippen LogP contribution is -2.16. The molecule has 0 amide bonds. The van der Waals surface area contributed by atoms with Crippen LogP contribution in [0.1, 0.15) is 42.9 Å². The third-order valence-corrected chi connectivity index (χ3v) is 4.12. The van der Waals surface area contributed by atoms with E-state index in [1.54, 1.807) is 0 Å². The second-order valence-corrected chi connectivity index (χ2v) is 5.89. The van der Waals surface area contributed by atoms with Crippen molar-refractivity contribution in [2.24, 2.45) is 0 Å². The number of fused-ring (bicyclic) bond motifs is 1. The number of halogens is 1. The van der Waals surface area contributed by atoms with Crippen LogP contribution in [0, 0.1) is 0 Å². The molecule has 0 N–H and O–H groups in total. The van der Waals surface area contributed by atoms with E-state index in [1.807, 2.05) is 0 Å². The molecule has 1 atom stereocenters. The molecule has 18 heavy (non-hydrogen) atoms. The van der Waals surface area contributed by atoms with Gasteiger partial charge in [0.1, 0.15) is 11.6 Å². The van der Waals surface area contributed by atoms with Crippen LogP contribution in [0.4, 0.5) is 0 Å².